The molecule has 1 atom stereocenters. The summed E-state index contributed by atoms with van der Waals surface area (Å²) in [6, 6.07) is 24.1. The minimum Gasteiger partial charge on any atom is -0.489 e. The molecule has 1 aromatic heterocycles. The average molecular weight is 400 g/mol. The van der Waals surface area contributed by atoms with Crippen LogP contribution < -0.4 is 4.74 Å². The van der Waals surface area contributed by atoms with Crippen molar-refractivity contribution in [1.29, 1.82) is 0 Å². The normalized spacial score (nSPS) is 12.0. The second-order valence-corrected chi connectivity index (χ2v) is 7.56. The van der Waals surface area contributed by atoms with Crippen LogP contribution >= 0.6 is 0 Å². The number of hydrogen-bond donors (Lipinski definition) is 1. The van der Waals surface area contributed by atoms with Crippen molar-refractivity contribution in [3.63, 3.8) is 0 Å². The highest BCUT2D eigenvalue weighted by molar-refractivity contribution is 5.78. The molecule has 0 bridgehead atoms. The van der Waals surface area contributed by atoms with Crippen molar-refractivity contribution in [2.24, 2.45) is 0 Å². The van der Waals surface area contributed by atoms with E-state index in [1.807, 2.05) is 66.2 Å². The van der Waals surface area contributed by atoms with Gasteiger partial charge in [-0.2, -0.15) is 5.10 Å². The molecular weight excluding hydrogens is 376 g/mol. The lowest BCUT2D eigenvalue weighted by atomic mass is 9.98. The Morgan fingerprint density at radius 3 is 2.53 bits per heavy atom. The van der Waals surface area contributed by atoms with Crippen molar-refractivity contribution in [3.05, 3.63) is 95.7 Å². The molecule has 1 heterocycles. The first-order chi connectivity index (χ1) is 14.6. The zero-order chi connectivity index (χ0) is 20.9. The van der Waals surface area contributed by atoms with Gasteiger partial charge >= 0.3 is 5.97 Å². The van der Waals surface area contributed by atoms with Gasteiger partial charge in [0.05, 0.1) is 18.5 Å². The van der Waals surface area contributed by atoms with Crippen molar-refractivity contribution in [3.8, 4) is 5.75 Å². The number of aliphatic carboxylic acids is 1. The van der Waals surface area contributed by atoms with E-state index in [2.05, 4.69) is 29.5 Å². The van der Waals surface area contributed by atoms with E-state index >= 15 is 0 Å². The number of hydrogen-bond acceptors (Lipinski definition) is 3. The van der Waals surface area contributed by atoms with Gasteiger partial charge in [-0.15, -0.1) is 0 Å². The summed E-state index contributed by atoms with van der Waals surface area (Å²) in [6.07, 6.45) is 2.18. The zero-order valence-electron chi connectivity index (χ0n) is 16.9. The van der Waals surface area contributed by atoms with Gasteiger partial charge in [0, 0.05) is 11.6 Å². The summed E-state index contributed by atoms with van der Waals surface area (Å²) in [5.41, 5.74) is 4.25. The molecule has 5 heteroatoms. The molecule has 3 aromatic carbocycles. The Balaban J connectivity index is 1.40. The molecule has 1 N–H and O–H groups in total. The number of nitrogens with zero attached hydrogens (tertiary/aromatic N) is 2. The molecule has 0 aliphatic rings. The Bertz CT molecular complexity index is 1130. The molecule has 0 aliphatic heterocycles. The SMILES string of the molecule is CC(CC(=O)O)c1ccc(OCc2ccc3nn(Cc4ccccc4)cc3c2)cc1. The number of rotatable bonds is 8. The fourth-order valence-electron chi connectivity index (χ4n) is 3.51. The van der Waals surface area contributed by atoms with Gasteiger partial charge < -0.3 is 9.84 Å². The number of carbonyl (C=O) groups is 1. The molecule has 4 rings (SSSR count). The summed E-state index contributed by atoms with van der Waals surface area (Å²) in [6.45, 7) is 3.12. The smallest absolute Gasteiger partial charge is 0.303 e. The van der Waals surface area contributed by atoms with E-state index in [0.717, 1.165) is 34.3 Å². The molecule has 0 aliphatic carbocycles. The van der Waals surface area contributed by atoms with Crippen LogP contribution in [0, 0.1) is 0 Å². The third-order valence-corrected chi connectivity index (χ3v) is 5.14. The number of carboxylic acids is 1. The molecule has 0 radical (unpaired) electrons. The Morgan fingerprint density at radius 2 is 1.80 bits per heavy atom. The Labute approximate surface area is 175 Å². The van der Waals surface area contributed by atoms with Gasteiger partial charge in [-0.25, -0.2) is 0 Å². The lowest BCUT2D eigenvalue weighted by Crippen LogP contribution is -2.02. The molecule has 0 saturated heterocycles. The fraction of sp³-hybridized carbons (Fsp3) is 0.200. The van der Waals surface area contributed by atoms with Gasteiger partial charge in [0.1, 0.15) is 12.4 Å². The van der Waals surface area contributed by atoms with Crippen LogP contribution in [0.3, 0.4) is 0 Å². The molecular formula is C25H24N2O3. The molecule has 152 valence electrons. The summed E-state index contributed by atoms with van der Waals surface area (Å²) in [7, 11) is 0. The monoisotopic (exact) mass is 400 g/mol. The quantitative estimate of drug-likeness (QED) is 0.439. The maximum Gasteiger partial charge on any atom is 0.303 e. The number of carboxylic acid groups (broad SMARTS) is 1. The highest BCUT2D eigenvalue weighted by Crippen LogP contribution is 2.23. The first-order valence-electron chi connectivity index (χ1n) is 10.0. The summed E-state index contributed by atoms with van der Waals surface area (Å²) < 4.78 is 7.88. The van der Waals surface area contributed by atoms with Crippen molar-refractivity contribution in [2.75, 3.05) is 0 Å². The van der Waals surface area contributed by atoms with Crippen molar-refractivity contribution in [2.45, 2.75) is 32.4 Å². The van der Waals surface area contributed by atoms with E-state index in [9.17, 15) is 4.79 Å². The van der Waals surface area contributed by atoms with Gasteiger partial charge in [-0.3, -0.25) is 9.48 Å². The van der Waals surface area contributed by atoms with E-state index in [0.29, 0.717) is 6.61 Å². The predicted molar refractivity (Wildman–Crippen MR) is 117 cm³/mol. The molecule has 30 heavy (non-hydrogen) atoms. The highest BCUT2D eigenvalue weighted by atomic mass is 16.5. The maximum absolute atomic E-state index is 10.9. The molecule has 0 saturated carbocycles. The Hall–Kier alpha value is -3.60. The lowest BCUT2D eigenvalue weighted by Gasteiger charge is -2.11. The first-order valence-corrected chi connectivity index (χ1v) is 10.0. The van der Waals surface area contributed by atoms with E-state index < -0.39 is 5.97 Å². The third kappa shape index (κ3) is 4.87. The standard InChI is InChI=1S/C25H24N2O3/c1-18(13-25(28)29)21-8-10-23(11-9-21)30-17-20-7-12-24-22(14-20)16-27(26-24)15-19-5-3-2-4-6-19/h2-12,14,16,18H,13,15,17H2,1H3,(H,28,29). The molecule has 5 nitrogen and oxygen atoms in total. The molecule has 0 spiro atoms. The van der Waals surface area contributed by atoms with Crippen LogP contribution in [0.1, 0.15) is 36.0 Å². The number of ether oxygens (including phenoxy) is 1. The topological polar surface area (TPSA) is 64.3 Å². The second-order valence-electron chi connectivity index (χ2n) is 7.56. The van der Waals surface area contributed by atoms with E-state index in [4.69, 9.17) is 9.84 Å². The van der Waals surface area contributed by atoms with E-state index in [1.54, 1.807) is 0 Å². The van der Waals surface area contributed by atoms with Crippen LogP contribution in [-0.2, 0) is 17.9 Å². The van der Waals surface area contributed by atoms with Crippen molar-refractivity contribution in [1.82, 2.24) is 9.78 Å². The molecule has 0 fully saturated rings. The number of aromatic nitrogens is 2. The van der Waals surface area contributed by atoms with E-state index in [-0.39, 0.29) is 12.3 Å². The fourth-order valence-corrected chi connectivity index (χ4v) is 3.51. The summed E-state index contributed by atoms with van der Waals surface area (Å²) in [4.78, 5) is 10.9. The van der Waals surface area contributed by atoms with Crippen LogP contribution in [0.4, 0.5) is 0 Å². The highest BCUT2D eigenvalue weighted by Gasteiger charge is 2.10. The van der Waals surface area contributed by atoms with Crippen molar-refractivity contribution >= 4 is 16.9 Å². The molecule has 4 aromatic rings. The van der Waals surface area contributed by atoms with Crippen LogP contribution in [-0.4, -0.2) is 20.9 Å². The van der Waals surface area contributed by atoms with Crippen LogP contribution in [0.25, 0.3) is 10.9 Å². The van der Waals surface area contributed by atoms with Crippen LogP contribution in [0.15, 0.2) is 79.0 Å². The Morgan fingerprint density at radius 1 is 1.03 bits per heavy atom. The summed E-state index contributed by atoms with van der Waals surface area (Å²) in [5, 5.41) is 14.7. The predicted octanol–water partition coefficient (Wildman–Crippen LogP) is 5.24. The maximum atomic E-state index is 10.9. The van der Waals surface area contributed by atoms with Gasteiger partial charge in [0.2, 0.25) is 0 Å². The minimum absolute atomic E-state index is 0.0219. The van der Waals surface area contributed by atoms with Crippen LogP contribution in [0.5, 0.6) is 5.75 Å². The largest absolute Gasteiger partial charge is 0.489 e. The molecule has 1 unspecified atom stereocenters. The first kappa shape index (κ1) is 19.7. The second kappa shape index (κ2) is 8.82. The number of fused-ring (bicyclic) bond motifs is 1. The van der Waals surface area contributed by atoms with Gasteiger partial charge in [-0.1, -0.05) is 55.5 Å². The molecule has 0 amide bonds. The third-order valence-electron chi connectivity index (χ3n) is 5.14. The van der Waals surface area contributed by atoms with E-state index in [1.165, 1.54) is 5.56 Å². The van der Waals surface area contributed by atoms with Crippen LogP contribution in [0.2, 0.25) is 0 Å². The average Bonchev–Trinajstić information content (AvgIpc) is 3.14. The summed E-state index contributed by atoms with van der Waals surface area (Å²) in [5.74, 6) is -0.0437. The van der Waals surface area contributed by atoms with Gasteiger partial charge in [-0.05, 0) is 46.9 Å². The minimum atomic E-state index is -0.787. The zero-order valence-corrected chi connectivity index (χ0v) is 16.9. The Kier molecular flexibility index (Phi) is 5.80. The van der Waals surface area contributed by atoms with Crippen molar-refractivity contribution < 1.29 is 14.6 Å². The number of benzene rings is 3. The van der Waals surface area contributed by atoms with Gasteiger partial charge in [0.15, 0.2) is 0 Å². The van der Waals surface area contributed by atoms with Gasteiger partial charge in [0.25, 0.3) is 0 Å². The summed E-state index contributed by atoms with van der Waals surface area (Å²) >= 11 is 0. The lowest BCUT2D eigenvalue weighted by molar-refractivity contribution is -0.137.